The Bertz CT molecular complexity index is 938. The van der Waals surface area contributed by atoms with Crippen molar-refractivity contribution in [2.24, 2.45) is 0 Å². The first-order chi connectivity index (χ1) is 10.7. The number of amides is 1. The quantitative estimate of drug-likeness (QED) is 0.678. The van der Waals surface area contributed by atoms with Gasteiger partial charge < -0.3 is 19.7 Å². The molecule has 23 heavy (non-hydrogen) atoms. The van der Waals surface area contributed by atoms with E-state index in [0.717, 1.165) is 5.76 Å². The van der Waals surface area contributed by atoms with E-state index in [1.807, 2.05) is 20.8 Å². The maximum atomic E-state index is 12.5. The van der Waals surface area contributed by atoms with Crippen molar-refractivity contribution < 1.29 is 9.21 Å². The maximum absolute atomic E-state index is 12.5. The van der Waals surface area contributed by atoms with Crippen LogP contribution in [-0.4, -0.2) is 15.9 Å². The number of rotatable bonds is 2. The molecule has 2 aromatic heterocycles. The second-order valence-electron chi connectivity index (χ2n) is 6.62. The summed E-state index contributed by atoms with van der Waals surface area (Å²) in [6.45, 7) is 7.87. The van der Waals surface area contributed by atoms with Gasteiger partial charge in [-0.25, -0.2) is 4.79 Å². The highest BCUT2D eigenvalue weighted by atomic mass is 16.3. The Balaban J connectivity index is 1.88. The standard InChI is InChI=1S/C17H19N3O3/c1-9-11(8-14(23-9)17(2,3)4)15(21)18-10-5-6-12-13(7-10)20-16(22)19-12/h5-8H,1-4H3,(H,18,21)(H2,19,20,22). The summed E-state index contributed by atoms with van der Waals surface area (Å²) >= 11 is 0. The molecular weight excluding hydrogens is 294 g/mol. The van der Waals surface area contributed by atoms with Crippen LogP contribution in [0.15, 0.2) is 33.5 Å². The van der Waals surface area contributed by atoms with Crippen molar-refractivity contribution in [1.29, 1.82) is 0 Å². The average molecular weight is 313 g/mol. The first kappa shape index (κ1) is 15.1. The number of aryl methyl sites for hydroxylation is 1. The van der Waals surface area contributed by atoms with Crippen LogP contribution in [0.5, 0.6) is 0 Å². The average Bonchev–Trinajstić information content (AvgIpc) is 2.99. The smallest absolute Gasteiger partial charge is 0.323 e. The number of furan rings is 1. The van der Waals surface area contributed by atoms with Crippen LogP contribution in [0.25, 0.3) is 11.0 Å². The number of hydrogen-bond acceptors (Lipinski definition) is 3. The van der Waals surface area contributed by atoms with Gasteiger partial charge in [0.2, 0.25) is 0 Å². The molecular formula is C17H19N3O3. The van der Waals surface area contributed by atoms with Crippen LogP contribution in [0.2, 0.25) is 0 Å². The van der Waals surface area contributed by atoms with Crippen molar-refractivity contribution in [3.05, 3.63) is 51.8 Å². The molecule has 0 atom stereocenters. The largest absolute Gasteiger partial charge is 0.465 e. The van der Waals surface area contributed by atoms with Crippen molar-refractivity contribution in [3.8, 4) is 0 Å². The van der Waals surface area contributed by atoms with Gasteiger partial charge in [-0.15, -0.1) is 0 Å². The zero-order valence-electron chi connectivity index (χ0n) is 13.5. The number of fused-ring (bicyclic) bond motifs is 1. The molecule has 120 valence electrons. The Morgan fingerprint density at radius 1 is 1.13 bits per heavy atom. The maximum Gasteiger partial charge on any atom is 0.323 e. The number of H-pyrrole nitrogens is 2. The molecule has 0 radical (unpaired) electrons. The Morgan fingerprint density at radius 2 is 1.83 bits per heavy atom. The minimum Gasteiger partial charge on any atom is -0.465 e. The number of benzene rings is 1. The van der Waals surface area contributed by atoms with Crippen molar-refractivity contribution in [3.63, 3.8) is 0 Å². The Morgan fingerprint density at radius 3 is 2.48 bits per heavy atom. The topological polar surface area (TPSA) is 90.9 Å². The number of aromatic amines is 2. The molecule has 0 aliphatic heterocycles. The third-order valence-corrected chi connectivity index (χ3v) is 3.68. The van der Waals surface area contributed by atoms with Crippen molar-refractivity contribution in [1.82, 2.24) is 9.97 Å². The Hall–Kier alpha value is -2.76. The molecule has 0 saturated carbocycles. The van der Waals surface area contributed by atoms with Crippen LogP contribution in [0.4, 0.5) is 5.69 Å². The van der Waals surface area contributed by atoms with Gasteiger partial charge in [-0.3, -0.25) is 4.79 Å². The lowest BCUT2D eigenvalue weighted by atomic mass is 9.93. The molecule has 0 spiro atoms. The zero-order chi connectivity index (χ0) is 16.8. The lowest BCUT2D eigenvalue weighted by Crippen LogP contribution is -2.13. The highest BCUT2D eigenvalue weighted by molar-refractivity contribution is 6.05. The van der Waals surface area contributed by atoms with E-state index >= 15 is 0 Å². The molecule has 0 saturated heterocycles. The summed E-state index contributed by atoms with van der Waals surface area (Å²) in [7, 11) is 0. The Kier molecular flexibility index (Phi) is 3.39. The second kappa shape index (κ2) is 5.15. The van der Waals surface area contributed by atoms with Gasteiger partial charge in [-0.05, 0) is 31.2 Å². The third-order valence-electron chi connectivity index (χ3n) is 3.68. The van der Waals surface area contributed by atoms with Gasteiger partial charge in [-0.1, -0.05) is 20.8 Å². The summed E-state index contributed by atoms with van der Waals surface area (Å²) in [5.41, 5.74) is 2.03. The molecule has 3 N–H and O–H groups in total. The molecule has 0 aliphatic carbocycles. The van der Waals surface area contributed by atoms with Gasteiger partial charge in [0.25, 0.3) is 5.91 Å². The number of hydrogen-bond donors (Lipinski definition) is 3. The molecule has 6 heteroatoms. The highest BCUT2D eigenvalue weighted by Crippen LogP contribution is 2.27. The fraction of sp³-hybridized carbons (Fsp3) is 0.294. The van der Waals surface area contributed by atoms with Crippen LogP contribution in [0.1, 0.15) is 42.6 Å². The van der Waals surface area contributed by atoms with E-state index in [4.69, 9.17) is 4.42 Å². The lowest BCUT2D eigenvalue weighted by molar-refractivity contribution is 0.102. The summed E-state index contributed by atoms with van der Waals surface area (Å²) in [6, 6.07) is 6.97. The number of aromatic nitrogens is 2. The summed E-state index contributed by atoms with van der Waals surface area (Å²) < 4.78 is 5.70. The number of nitrogens with one attached hydrogen (secondary N) is 3. The van der Waals surface area contributed by atoms with Crippen LogP contribution in [0, 0.1) is 6.92 Å². The van der Waals surface area contributed by atoms with Gasteiger partial charge in [0.1, 0.15) is 11.5 Å². The van der Waals surface area contributed by atoms with E-state index in [1.54, 1.807) is 31.2 Å². The molecule has 1 aromatic carbocycles. The fourth-order valence-electron chi connectivity index (χ4n) is 2.39. The van der Waals surface area contributed by atoms with Crippen molar-refractivity contribution >= 4 is 22.6 Å². The van der Waals surface area contributed by atoms with E-state index in [9.17, 15) is 9.59 Å². The lowest BCUT2D eigenvalue weighted by Gasteiger charge is -2.13. The molecule has 3 aromatic rings. The van der Waals surface area contributed by atoms with E-state index in [2.05, 4.69) is 15.3 Å². The van der Waals surface area contributed by atoms with Crippen molar-refractivity contribution in [2.75, 3.05) is 5.32 Å². The number of imidazole rings is 1. The molecule has 6 nitrogen and oxygen atoms in total. The molecule has 0 bridgehead atoms. The molecule has 1 amide bonds. The minimum absolute atomic E-state index is 0.160. The summed E-state index contributed by atoms with van der Waals surface area (Å²) in [5.74, 6) is 1.12. The minimum atomic E-state index is -0.274. The van der Waals surface area contributed by atoms with Gasteiger partial charge >= 0.3 is 5.69 Å². The van der Waals surface area contributed by atoms with Crippen LogP contribution >= 0.6 is 0 Å². The highest BCUT2D eigenvalue weighted by Gasteiger charge is 2.23. The van der Waals surface area contributed by atoms with Crippen molar-refractivity contribution in [2.45, 2.75) is 33.1 Å². The van der Waals surface area contributed by atoms with Crippen LogP contribution in [-0.2, 0) is 5.41 Å². The Labute approximate surface area is 132 Å². The molecule has 0 fully saturated rings. The number of carbonyl (C=O) groups is 1. The summed E-state index contributed by atoms with van der Waals surface area (Å²) in [5, 5.41) is 2.83. The normalized spacial score (nSPS) is 11.8. The number of anilines is 1. The monoisotopic (exact) mass is 313 g/mol. The number of carbonyl (C=O) groups excluding carboxylic acids is 1. The SMILES string of the molecule is Cc1oc(C(C)(C)C)cc1C(=O)Nc1ccc2[nH]c(=O)[nH]c2c1. The van der Waals surface area contributed by atoms with E-state index in [1.165, 1.54) is 0 Å². The van der Waals surface area contributed by atoms with E-state index < -0.39 is 0 Å². The van der Waals surface area contributed by atoms with Gasteiger partial charge in [0.15, 0.2) is 0 Å². The first-order valence-corrected chi connectivity index (χ1v) is 7.38. The zero-order valence-corrected chi connectivity index (χ0v) is 13.5. The predicted molar refractivity (Wildman–Crippen MR) is 89.0 cm³/mol. The van der Waals surface area contributed by atoms with Gasteiger partial charge in [-0.2, -0.15) is 0 Å². The summed E-state index contributed by atoms with van der Waals surface area (Å²) in [6.07, 6.45) is 0. The molecule has 0 aliphatic rings. The molecule has 3 rings (SSSR count). The summed E-state index contributed by atoms with van der Waals surface area (Å²) in [4.78, 5) is 29.1. The first-order valence-electron chi connectivity index (χ1n) is 7.38. The fourth-order valence-corrected chi connectivity index (χ4v) is 2.39. The van der Waals surface area contributed by atoms with Crippen LogP contribution < -0.4 is 11.0 Å². The predicted octanol–water partition coefficient (Wildman–Crippen LogP) is 3.31. The van der Waals surface area contributed by atoms with Crippen LogP contribution in [0.3, 0.4) is 0 Å². The third kappa shape index (κ3) is 2.92. The van der Waals surface area contributed by atoms with Gasteiger partial charge in [0, 0.05) is 11.1 Å². The van der Waals surface area contributed by atoms with E-state index in [0.29, 0.717) is 28.0 Å². The van der Waals surface area contributed by atoms with Gasteiger partial charge in [0.05, 0.1) is 16.6 Å². The second-order valence-corrected chi connectivity index (χ2v) is 6.62. The molecule has 0 unspecified atom stereocenters. The van der Waals surface area contributed by atoms with E-state index in [-0.39, 0.29) is 17.0 Å². The molecule has 2 heterocycles.